The van der Waals surface area contributed by atoms with Gasteiger partial charge in [-0.25, -0.2) is 9.50 Å². The van der Waals surface area contributed by atoms with E-state index in [0.717, 1.165) is 16.9 Å². The first-order valence-corrected chi connectivity index (χ1v) is 8.76. The number of imidazole rings is 1. The average molecular weight is 384 g/mol. The summed E-state index contributed by atoms with van der Waals surface area (Å²) in [6.45, 7) is 2.12. The van der Waals surface area contributed by atoms with E-state index in [1.807, 2.05) is 18.3 Å². The van der Waals surface area contributed by atoms with Crippen molar-refractivity contribution < 1.29 is 9.21 Å². The molecule has 9 nitrogen and oxygen atoms in total. The molecule has 136 valence electrons. The Kier molecular flexibility index (Phi) is 3.51. The number of nitrogens with one attached hydrogen (secondary N) is 1. The predicted molar refractivity (Wildman–Crippen MR) is 94.4 cm³/mol. The van der Waals surface area contributed by atoms with Gasteiger partial charge >= 0.3 is 11.8 Å². The smallest absolute Gasteiger partial charge is 0.312 e. The molecular weight excluding hydrogens is 370 g/mol. The van der Waals surface area contributed by atoms with E-state index >= 15 is 0 Å². The van der Waals surface area contributed by atoms with Gasteiger partial charge in [0.2, 0.25) is 5.89 Å². The van der Waals surface area contributed by atoms with Crippen LogP contribution in [0.3, 0.4) is 0 Å². The number of fused-ring (bicyclic) bond motifs is 2. The maximum Gasteiger partial charge on any atom is 0.312 e. The van der Waals surface area contributed by atoms with Gasteiger partial charge in [-0.15, -0.1) is 10.2 Å². The van der Waals surface area contributed by atoms with Crippen molar-refractivity contribution in [2.45, 2.75) is 19.4 Å². The minimum atomic E-state index is -0.476. The number of halogens is 1. The van der Waals surface area contributed by atoms with E-state index < -0.39 is 6.04 Å². The van der Waals surface area contributed by atoms with Crippen molar-refractivity contribution in [1.82, 2.24) is 34.7 Å². The normalized spacial score (nSPS) is 16.7. The number of aromatic amines is 1. The van der Waals surface area contributed by atoms with E-state index in [4.69, 9.17) is 16.0 Å². The lowest BCUT2D eigenvalue weighted by Crippen LogP contribution is -2.41. The van der Waals surface area contributed by atoms with E-state index in [-0.39, 0.29) is 11.8 Å². The molecule has 10 heteroatoms. The van der Waals surface area contributed by atoms with Crippen LogP contribution in [0.4, 0.5) is 0 Å². The Morgan fingerprint density at radius 3 is 3.07 bits per heavy atom. The number of carbonyl (C=O) groups excluding carboxylic acids is 1. The number of H-pyrrole nitrogens is 1. The fourth-order valence-corrected chi connectivity index (χ4v) is 3.65. The van der Waals surface area contributed by atoms with Crippen LogP contribution in [0.2, 0.25) is 5.02 Å². The molecule has 0 saturated carbocycles. The molecule has 1 unspecified atom stereocenters. The minimum absolute atomic E-state index is 0.0433. The second-order valence-corrected chi connectivity index (χ2v) is 6.71. The van der Waals surface area contributed by atoms with Crippen molar-refractivity contribution in [3.05, 3.63) is 64.6 Å². The van der Waals surface area contributed by atoms with Crippen LogP contribution < -0.4 is 0 Å². The second kappa shape index (κ2) is 5.92. The topological polar surface area (TPSA) is 105 Å². The van der Waals surface area contributed by atoms with E-state index in [1.54, 1.807) is 28.7 Å². The Bertz CT molecular complexity index is 1160. The van der Waals surface area contributed by atoms with Gasteiger partial charge in [-0.2, -0.15) is 5.10 Å². The fraction of sp³-hybridized carbons (Fsp3) is 0.235. The van der Waals surface area contributed by atoms with E-state index in [0.29, 0.717) is 29.6 Å². The molecule has 0 bridgehead atoms. The highest BCUT2D eigenvalue weighted by Gasteiger charge is 2.38. The molecule has 5 rings (SSSR count). The largest absolute Gasteiger partial charge is 0.417 e. The highest BCUT2D eigenvalue weighted by molar-refractivity contribution is 6.33. The zero-order valence-corrected chi connectivity index (χ0v) is 15.0. The molecule has 0 spiro atoms. The molecule has 0 saturated heterocycles. The monoisotopic (exact) mass is 383 g/mol. The maximum atomic E-state index is 13.0. The summed E-state index contributed by atoms with van der Waals surface area (Å²) in [5, 5.41) is 12.8. The van der Waals surface area contributed by atoms with Crippen LogP contribution >= 0.6 is 11.6 Å². The second-order valence-electron chi connectivity index (χ2n) is 6.30. The van der Waals surface area contributed by atoms with Crippen molar-refractivity contribution in [2.75, 3.05) is 6.54 Å². The van der Waals surface area contributed by atoms with Gasteiger partial charge in [0.25, 0.3) is 0 Å². The summed E-state index contributed by atoms with van der Waals surface area (Å²) in [5.74, 6) is -0.0532. The summed E-state index contributed by atoms with van der Waals surface area (Å²) < 4.78 is 7.03. The highest BCUT2D eigenvalue weighted by atomic mass is 35.5. The molecule has 1 amide bonds. The van der Waals surface area contributed by atoms with Gasteiger partial charge in [0.15, 0.2) is 0 Å². The average Bonchev–Trinajstić information content (AvgIpc) is 3.39. The molecule has 5 heterocycles. The number of pyridine rings is 1. The van der Waals surface area contributed by atoms with Crippen LogP contribution in [0.25, 0.3) is 5.52 Å². The van der Waals surface area contributed by atoms with Crippen molar-refractivity contribution >= 4 is 23.0 Å². The number of carbonyl (C=O) groups is 1. The third-order valence-electron chi connectivity index (χ3n) is 4.64. The molecule has 0 aliphatic carbocycles. The third kappa shape index (κ3) is 2.50. The Labute approximate surface area is 158 Å². The van der Waals surface area contributed by atoms with Crippen molar-refractivity contribution in [3.63, 3.8) is 0 Å². The van der Waals surface area contributed by atoms with Gasteiger partial charge in [-0.1, -0.05) is 11.6 Å². The molecule has 1 aliphatic heterocycles. The Morgan fingerprint density at radius 2 is 2.30 bits per heavy atom. The summed E-state index contributed by atoms with van der Waals surface area (Å²) in [6, 6.07) is 5.01. The Hall–Kier alpha value is -3.20. The number of amides is 1. The molecular formula is C17H14ClN7O2. The molecule has 0 aromatic carbocycles. The standard InChI is InChI=1S/C17H14ClN7O2/c1-9-21-22-16(27-9)17(26)24-6-4-11-14(20-8-19-11)15(24)12-7-13-10(18)3-2-5-25(13)23-12/h2-3,5,7-8,15H,4,6H2,1H3,(H,19,20). The number of hydrogen-bond acceptors (Lipinski definition) is 6. The van der Waals surface area contributed by atoms with Crippen LogP contribution in [-0.4, -0.2) is 47.1 Å². The molecule has 1 N–H and O–H groups in total. The summed E-state index contributed by atoms with van der Waals surface area (Å²) in [7, 11) is 0. The van der Waals surface area contributed by atoms with Gasteiger partial charge in [-0.3, -0.25) is 4.79 Å². The number of hydrogen-bond donors (Lipinski definition) is 1. The zero-order chi connectivity index (χ0) is 18.5. The number of rotatable bonds is 2. The lowest BCUT2D eigenvalue weighted by atomic mass is 9.99. The third-order valence-corrected chi connectivity index (χ3v) is 4.96. The van der Waals surface area contributed by atoms with Gasteiger partial charge in [0.1, 0.15) is 6.04 Å². The SMILES string of the molecule is Cc1nnc(C(=O)N2CCc3[nH]cnc3C2c2cc3c(Cl)cccn3n2)o1. The number of aromatic nitrogens is 6. The molecule has 27 heavy (non-hydrogen) atoms. The van der Waals surface area contributed by atoms with Crippen LogP contribution in [-0.2, 0) is 6.42 Å². The van der Waals surface area contributed by atoms with E-state index in [1.165, 1.54) is 0 Å². The maximum absolute atomic E-state index is 13.0. The quantitative estimate of drug-likeness (QED) is 0.568. The minimum Gasteiger partial charge on any atom is -0.417 e. The molecule has 1 atom stereocenters. The predicted octanol–water partition coefficient (Wildman–Crippen LogP) is 2.19. The number of nitrogens with zero attached hydrogens (tertiary/aromatic N) is 6. The van der Waals surface area contributed by atoms with Crippen molar-refractivity contribution in [3.8, 4) is 0 Å². The summed E-state index contributed by atoms with van der Waals surface area (Å²) in [6.07, 6.45) is 4.09. The summed E-state index contributed by atoms with van der Waals surface area (Å²) in [4.78, 5) is 22.3. The molecule has 1 aliphatic rings. The van der Waals surface area contributed by atoms with E-state index in [9.17, 15) is 4.79 Å². The Morgan fingerprint density at radius 1 is 1.41 bits per heavy atom. The van der Waals surface area contributed by atoms with E-state index in [2.05, 4.69) is 25.3 Å². The summed E-state index contributed by atoms with van der Waals surface area (Å²) >= 11 is 6.29. The van der Waals surface area contributed by atoms with Crippen LogP contribution in [0.15, 0.2) is 35.1 Å². The first-order chi connectivity index (χ1) is 13.1. The molecule has 0 radical (unpaired) electrons. The van der Waals surface area contributed by atoms with Crippen LogP contribution in [0.5, 0.6) is 0 Å². The van der Waals surface area contributed by atoms with Crippen LogP contribution in [0, 0.1) is 6.92 Å². The van der Waals surface area contributed by atoms with Gasteiger partial charge in [-0.05, 0) is 18.2 Å². The molecule has 4 aromatic rings. The first-order valence-electron chi connectivity index (χ1n) is 8.39. The van der Waals surface area contributed by atoms with Gasteiger partial charge in [0.05, 0.1) is 28.3 Å². The lowest BCUT2D eigenvalue weighted by molar-refractivity contribution is 0.0644. The molecule has 0 fully saturated rings. The van der Waals surface area contributed by atoms with Crippen LogP contribution in [0.1, 0.15) is 39.7 Å². The van der Waals surface area contributed by atoms with Gasteiger partial charge in [0, 0.05) is 31.8 Å². The first kappa shape index (κ1) is 16.0. The van der Waals surface area contributed by atoms with Gasteiger partial charge < -0.3 is 14.3 Å². The highest BCUT2D eigenvalue weighted by Crippen LogP contribution is 2.34. The zero-order valence-electron chi connectivity index (χ0n) is 14.3. The summed E-state index contributed by atoms with van der Waals surface area (Å²) in [5.41, 5.74) is 3.16. The Balaban J connectivity index is 1.64. The lowest BCUT2D eigenvalue weighted by Gasteiger charge is -2.32. The van der Waals surface area contributed by atoms with Crippen molar-refractivity contribution in [1.29, 1.82) is 0 Å². The number of aryl methyl sites for hydroxylation is 1. The van der Waals surface area contributed by atoms with Crippen molar-refractivity contribution in [2.24, 2.45) is 0 Å². The fourth-order valence-electron chi connectivity index (χ4n) is 3.43. The molecule has 4 aromatic heterocycles.